The van der Waals surface area contributed by atoms with Crippen LogP contribution in [0.5, 0.6) is 0 Å². The van der Waals surface area contributed by atoms with E-state index in [1.807, 2.05) is 16.9 Å². The first-order valence-electron chi connectivity index (χ1n) is 7.04. The molecule has 19 heavy (non-hydrogen) atoms. The van der Waals surface area contributed by atoms with Gasteiger partial charge in [0, 0.05) is 12.1 Å². The number of carbonyl (C=O) groups is 1. The summed E-state index contributed by atoms with van der Waals surface area (Å²) < 4.78 is 1.81. The van der Waals surface area contributed by atoms with Crippen molar-refractivity contribution in [1.29, 1.82) is 0 Å². The SMILES string of the molecule is O=C(O)C1CCC(O)(Cn2ccc(C3CC3)n2)CC1. The number of aliphatic carboxylic acids is 1. The molecule has 5 heteroatoms. The summed E-state index contributed by atoms with van der Waals surface area (Å²) in [6, 6.07) is 2.03. The minimum atomic E-state index is -0.793. The van der Waals surface area contributed by atoms with Gasteiger partial charge in [-0.25, -0.2) is 0 Å². The van der Waals surface area contributed by atoms with Crippen molar-refractivity contribution in [2.24, 2.45) is 5.92 Å². The second-order valence-electron chi connectivity index (χ2n) is 6.05. The predicted octanol–water partition coefficient (Wildman–Crippen LogP) is 1.77. The zero-order chi connectivity index (χ0) is 13.5. The van der Waals surface area contributed by atoms with Crippen molar-refractivity contribution in [3.8, 4) is 0 Å². The molecule has 2 fully saturated rings. The van der Waals surface area contributed by atoms with Crippen molar-refractivity contribution in [3.05, 3.63) is 18.0 Å². The average Bonchev–Trinajstić information content (AvgIpc) is 3.11. The quantitative estimate of drug-likeness (QED) is 0.869. The van der Waals surface area contributed by atoms with Crippen molar-refractivity contribution >= 4 is 5.97 Å². The third kappa shape index (κ3) is 2.81. The van der Waals surface area contributed by atoms with E-state index in [2.05, 4.69) is 5.10 Å². The summed E-state index contributed by atoms with van der Waals surface area (Å²) in [6.45, 7) is 0.478. The fourth-order valence-electron chi connectivity index (χ4n) is 2.92. The van der Waals surface area contributed by atoms with Crippen LogP contribution in [0, 0.1) is 5.92 Å². The van der Waals surface area contributed by atoms with E-state index >= 15 is 0 Å². The number of hydrogen-bond donors (Lipinski definition) is 2. The van der Waals surface area contributed by atoms with E-state index in [0.29, 0.717) is 38.1 Å². The van der Waals surface area contributed by atoms with Gasteiger partial charge >= 0.3 is 5.97 Å². The highest BCUT2D eigenvalue weighted by Crippen LogP contribution is 2.39. The molecule has 0 amide bonds. The number of aliphatic hydroxyl groups is 1. The van der Waals surface area contributed by atoms with Crippen LogP contribution in [0.15, 0.2) is 12.3 Å². The summed E-state index contributed by atoms with van der Waals surface area (Å²) in [4.78, 5) is 10.9. The fraction of sp³-hybridized carbons (Fsp3) is 0.714. The van der Waals surface area contributed by atoms with Gasteiger partial charge in [-0.05, 0) is 44.6 Å². The first-order valence-corrected chi connectivity index (χ1v) is 7.04. The molecule has 0 aliphatic heterocycles. The molecule has 104 valence electrons. The Morgan fingerprint density at radius 3 is 2.63 bits per heavy atom. The van der Waals surface area contributed by atoms with Crippen molar-refractivity contribution in [2.45, 2.75) is 56.6 Å². The standard InChI is InChI=1S/C14H20N2O3/c17-13(18)11-3-6-14(19,7-4-11)9-16-8-5-12(15-16)10-1-2-10/h5,8,10-11,19H,1-4,6-7,9H2,(H,17,18). The van der Waals surface area contributed by atoms with Crippen LogP contribution in [0.2, 0.25) is 0 Å². The second-order valence-corrected chi connectivity index (χ2v) is 6.05. The zero-order valence-electron chi connectivity index (χ0n) is 11.0. The Morgan fingerprint density at radius 1 is 1.37 bits per heavy atom. The normalized spacial score (nSPS) is 31.3. The Hall–Kier alpha value is -1.36. The molecule has 2 aliphatic carbocycles. The lowest BCUT2D eigenvalue weighted by Gasteiger charge is -2.34. The molecule has 2 aliphatic rings. The third-order valence-corrected chi connectivity index (χ3v) is 4.38. The fourth-order valence-corrected chi connectivity index (χ4v) is 2.92. The molecule has 0 aromatic carbocycles. The summed E-state index contributed by atoms with van der Waals surface area (Å²) in [6.07, 6.45) is 6.58. The van der Waals surface area contributed by atoms with Gasteiger partial charge in [-0.1, -0.05) is 0 Å². The summed E-state index contributed by atoms with van der Waals surface area (Å²) >= 11 is 0. The van der Waals surface area contributed by atoms with Gasteiger partial charge in [0.1, 0.15) is 0 Å². The molecule has 1 heterocycles. The number of carboxylic acids is 1. The van der Waals surface area contributed by atoms with Crippen molar-refractivity contribution in [2.75, 3.05) is 0 Å². The highest BCUT2D eigenvalue weighted by atomic mass is 16.4. The molecule has 1 aromatic heterocycles. The van der Waals surface area contributed by atoms with Crippen LogP contribution >= 0.6 is 0 Å². The summed E-state index contributed by atoms with van der Waals surface area (Å²) in [5.41, 5.74) is 0.335. The maximum Gasteiger partial charge on any atom is 0.306 e. The van der Waals surface area contributed by atoms with Gasteiger partial charge in [-0.15, -0.1) is 0 Å². The van der Waals surface area contributed by atoms with Crippen molar-refractivity contribution in [1.82, 2.24) is 9.78 Å². The Kier molecular flexibility index (Phi) is 3.09. The average molecular weight is 264 g/mol. The van der Waals surface area contributed by atoms with Gasteiger partial charge in [0.15, 0.2) is 0 Å². The summed E-state index contributed by atoms with van der Waals surface area (Å²) in [5.74, 6) is -0.407. The lowest BCUT2D eigenvalue weighted by Crippen LogP contribution is -2.40. The summed E-state index contributed by atoms with van der Waals surface area (Å²) in [7, 11) is 0. The minimum Gasteiger partial charge on any atom is -0.481 e. The van der Waals surface area contributed by atoms with Crippen LogP contribution in [0.1, 0.15) is 50.1 Å². The molecule has 3 rings (SSSR count). The summed E-state index contributed by atoms with van der Waals surface area (Å²) in [5, 5.41) is 24.0. The van der Waals surface area contributed by atoms with E-state index in [4.69, 9.17) is 5.11 Å². The maximum absolute atomic E-state index is 10.9. The molecule has 0 unspecified atom stereocenters. The molecule has 0 bridgehead atoms. The van der Waals surface area contributed by atoms with Crippen molar-refractivity contribution in [3.63, 3.8) is 0 Å². The third-order valence-electron chi connectivity index (χ3n) is 4.38. The molecule has 0 atom stereocenters. The largest absolute Gasteiger partial charge is 0.481 e. The van der Waals surface area contributed by atoms with E-state index < -0.39 is 11.6 Å². The minimum absolute atomic E-state index is 0.292. The van der Waals surface area contributed by atoms with Crippen LogP contribution in [0.4, 0.5) is 0 Å². The van der Waals surface area contributed by atoms with E-state index in [0.717, 1.165) is 5.69 Å². The van der Waals surface area contributed by atoms with Gasteiger partial charge in [0.25, 0.3) is 0 Å². The highest BCUT2D eigenvalue weighted by molar-refractivity contribution is 5.70. The predicted molar refractivity (Wildman–Crippen MR) is 68.7 cm³/mol. The lowest BCUT2D eigenvalue weighted by molar-refractivity contribution is -0.145. The smallest absolute Gasteiger partial charge is 0.306 e. The van der Waals surface area contributed by atoms with Gasteiger partial charge in [-0.2, -0.15) is 5.10 Å². The Morgan fingerprint density at radius 2 is 2.05 bits per heavy atom. The van der Waals surface area contributed by atoms with Crippen LogP contribution in [0.25, 0.3) is 0 Å². The topological polar surface area (TPSA) is 75.3 Å². The molecule has 0 saturated heterocycles. The number of rotatable bonds is 4. The van der Waals surface area contributed by atoms with Crippen LogP contribution in [-0.4, -0.2) is 31.6 Å². The zero-order valence-corrected chi connectivity index (χ0v) is 11.0. The van der Waals surface area contributed by atoms with E-state index in [1.165, 1.54) is 12.8 Å². The van der Waals surface area contributed by atoms with Crippen LogP contribution < -0.4 is 0 Å². The van der Waals surface area contributed by atoms with Crippen LogP contribution in [-0.2, 0) is 11.3 Å². The molecule has 1 aromatic rings. The van der Waals surface area contributed by atoms with Gasteiger partial charge in [0.05, 0.1) is 23.8 Å². The molecule has 2 N–H and O–H groups in total. The number of hydrogen-bond acceptors (Lipinski definition) is 3. The van der Waals surface area contributed by atoms with Crippen LogP contribution in [0.3, 0.4) is 0 Å². The van der Waals surface area contributed by atoms with E-state index in [-0.39, 0.29) is 5.92 Å². The van der Waals surface area contributed by atoms with Gasteiger partial charge in [-0.3, -0.25) is 9.48 Å². The molecule has 2 saturated carbocycles. The molecular formula is C14H20N2O3. The Bertz CT molecular complexity index is 471. The monoisotopic (exact) mass is 264 g/mol. The Balaban J connectivity index is 1.60. The van der Waals surface area contributed by atoms with E-state index in [9.17, 15) is 9.90 Å². The number of carboxylic acid groups (broad SMARTS) is 1. The van der Waals surface area contributed by atoms with E-state index in [1.54, 1.807) is 0 Å². The second kappa shape index (κ2) is 4.63. The molecule has 5 nitrogen and oxygen atoms in total. The number of aromatic nitrogens is 2. The van der Waals surface area contributed by atoms with Gasteiger partial charge < -0.3 is 10.2 Å². The Labute approximate surface area is 112 Å². The molecule has 0 spiro atoms. The van der Waals surface area contributed by atoms with Gasteiger partial charge in [0.2, 0.25) is 0 Å². The maximum atomic E-state index is 10.9. The first kappa shape index (κ1) is 12.7. The lowest BCUT2D eigenvalue weighted by atomic mass is 9.79. The highest BCUT2D eigenvalue weighted by Gasteiger charge is 2.36. The van der Waals surface area contributed by atoms with Crippen molar-refractivity contribution < 1.29 is 15.0 Å². The molecule has 0 radical (unpaired) electrons. The molecular weight excluding hydrogens is 244 g/mol. The number of nitrogens with zero attached hydrogens (tertiary/aromatic N) is 2. The first-order chi connectivity index (χ1) is 9.06.